The second-order valence-electron chi connectivity index (χ2n) is 8.14. The van der Waals surface area contributed by atoms with Crippen LogP contribution in [-0.2, 0) is 9.47 Å². The van der Waals surface area contributed by atoms with E-state index >= 15 is 0 Å². The predicted molar refractivity (Wildman–Crippen MR) is 124 cm³/mol. The number of aliphatic imine (C=N–C) groups is 1. The summed E-state index contributed by atoms with van der Waals surface area (Å²) in [6.45, 7) is 13.3. The number of nitrogens with zero attached hydrogens (tertiary/aromatic N) is 6. The molecule has 2 aliphatic rings. The molecule has 0 radical (unpaired) electrons. The number of anilines is 1. The average Bonchev–Trinajstić information content (AvgIpc) is 3.29. The van der Waals surface area contributed by atoms with Crippen molar-refractivity contribution in [3.05, 3.63) is 18.5 Å². The van der Waals surface area contributed by atoms with Crippen LogP contribution in [0.3, 0.4) is 0 Å². The fraction of sp³-hybridized carbons (Fsp3) is 0.773. The number of ether oxygens (including phenoxy) is 2. The van der Waals surface area contributed by atoms with Gasteiger partial charge in [-0.25, -0.2) is 9.97 Å². The molecular formula is C22H39N7O2. The minimum atomic E-state index is 0.575. The van der Waals surface area contributed by atoms with Gasteiger partial charge in [-0.05, 0) is 25.8 Å². The summed E-state index contributed by atoms with van der Waals surface area (Å²) in [5.41, 5.74) is 0. The number of methoxy groups -OCH3 is 1. The third kappa shape index (κ3) is 7.90. The summed E-state index contributed by atoms with van der Waals surface area (Å²) in [6.07, 6.45) is 5.86. The van der Waals surface area contributed by atoms with Gasteiger partial charge >= 0.3 is 0 Å². The maximum Gasteiger partial charge on any atom is 0.225 e. The van der Waals surface area contributed by atoms with Crippen LogP contribution < -0.4 is 10.2 Å². The van der Waals surface area contributed by atoms with Crippen LogP contribution in [0, 0.1) is 5.92 Å². The number of rotatable bonds is 11. The van der Waals surface area contributed by atoms with E-state index < -0.39 is 0 Å². The van der Waals surface area contributed by atoms with Crippen molar-refractivity contribution in [2.24, 2.45) is 10.9 Å². The van der Waals surface area contributed by atoms with Crippen LogP contribution >= 0.6 is 0 Å². The molecule has 2 aliphatic heterocycles. The lowest BCUT2D eigenvalue weighted by atomic mass is 10.1. The molecule has 1 atom stereocenters. The van der Waals surface area contributed by atoms with Crippen molar-refractivity contribution in [1.82, 2.24) is 25.1 Å². The quantitative estimate of drug-likeness (QED) is 0.314. The topological polar surface area (TPSA) is 78.4 Å². The van der Waals surface area contributed by atoms with Gasteiger partial charge in [-0.1, -0.05) is 0 Å². The molecule has 0 amide bonds. The summed E-state index contributed by atoms with van der Waals surface area (Å²) >= 11 is 0. The van der Waals surface area contributed by atoms with Crippen molar-refractivity contribution in [2.45, 2.75) is 19.8 Å². The Balaban J connectivity index is 1.35. The van der Waals surface area contributed by atoms with Crippen molar-refractivity contribution >= 4 is 11.9 Å². The molecule has 3 heterocycles. The largest absolute Gasteiger partial charge is 0.382 e. The molecule has 2 saturated heterocycles. The number of likely N-dealkylation sites (tertiary alicyclic amines) is 1. The summed E-state index contributed by atoms with van der Waals surface area (Å²) in [5, 5.41) is 3.46. The van der Waals surface area contributed by atoms with E-state index in [1.54, 1.807) is 7.11 Å². The summed E-state index contributed by atoms with van der Waals surface area (Å²) < 4.78 is 10.8. The molecule has 174 valence electrons. The maximum atomic E-state index is 5.72. The Labute approximate surface area is 186 Å². The highest BCUT2D eigenvalue weighted by atomic mass is 16.5. The summed E-state index contributed by atoms with van der Waals surface area (Å²) in [7, 11) is 1.71. The van der Waals surface area contributed by atoms with E-state index in [1.165, 1.54) is 0 Å². The van der Waals surface area contributed by atoms with E-state index in [0.29, 0.717) is 19.1 Å². The zero-order chi connectivity index (χ0) is 21.7. The number of hydrogen-bond donors (Lipinski definition) is 1. The molecule has 2 fully saturated rings. The zero-order valence-electron chi connectivity index (χ0n) is 19.2. The van der Waals surface area contributed by atoms with Crippen molar-refractivity contribution in [3.8, 4) is 0 Å². The third-order valence-corrected chi connectivity index (χ3v) is 5.81. The average molecular weight is 434 g/mol. The molecule has 1 N–H and O–H groups in total. The minimum Gasteiger partial charge on any atom is -0.382 e. The number of guanidine groups is 1. The van der Waals surface area contributed by atoms with Crippen LogP contribution in [0.5, 0.6) is 0 Å². The first-order valence-corrected chi connectivity index (χ1v) is 11.6. The number of aromatic nitrogens is 2. The van der Waals surface area contributed by atoms with Gasteiger partial charge in [-0.3, -0.25) is 9.89 Å². The molecule has 9 nitrogen and oxygen atoms in total. The predicted octanol–water partition coefficient (Wildman–Crippen LogP) is 0.939. The second kappa shape index (κ2) is 13.4. The fourth-order valence-corrected chi connectivity index (χ4v) is 4.08. The van der Waals surface area contributed by atoms with Crippen LogP contribution in [0.4, 0.5) is 5.95 Å². The lowest BCUT2D eigenvalue weighted by Gasteiger charge is -2.34. The maximum absolute atomic E-state index is 5.72. The molecule has 0 saturated carbocycles. The Kier molecular flexibility index (Phi) is 10.3. The van der Waals surface area contributed by atoms with Crippen LogP contribution in [0.2, 0.25) is 0 Å². The lowest BCUT2D eigenvalue weighted by Crippen LogP contribution is -2.47. The van der Waals surface area contributed by atoms with Gasteiger partial charge in [0.2, 0.25) is 5.95 Å². The van der Waals surface area contributed by atoms with Gasteiger partial charge in [-0.15, -0.1) is 0 Å². The first-order valence-electron chi connectivity index (χ1n) is 11.6. The molecule has 1 unspecified atom stereocenters. The third-order valence-electron chi connectivity index (χ3n) is 5.81. The molecule has 0 spiro atoms. The molecule has 1 aromatic heterocycles. The number of hydrogen-bond acceptors (Lipinski definition) is 7. The molecule has 0 aromatic carbocycles. The van der Waals surface area contributed by atoms with Gasteiger partial charge in [0.1, 0.15) is 0 Å². The van der Waals surface area contributed by atoms with Crippen molar-refractivity contribution < 1.29 is 9.47 Å². The molecule has 31 heavy (non-hydrogen) atoms. The monoisotopic (exact) mass is 433 g/mol. The second-order valence-corrected chi connectivity index (χ2v) is 8.14. The van der Waals surface area contributed by atoms with Gasteiger partial charge in [0.15, 0.2) is 5.96 Å². The standard InChI is InChI=1S/C22H39N7O2/c1-3-23-21(29-11-6-20(18-29)19-31-17-16-30-2)26-9-5-10-27-12-14-28(15-13-27)22-24-7-4-8-25-22/h4,7-8,20H,3,5-6,9-19H2,1-2H3,(H,23,26). The number of piperazine rings is 1. The Bertz CT molecular complexity index is 638. The van der Waals surface area contributed by atoms with Gasteiger partial charge in [-0.2, -0.15) is 0 Å². The van der Waals surface area contributed by atoms with Crippen LogP contribution in [0.1, 0.15) is 19.8 Å². The molecular weight excluding hydrogens is 394 g/mol. The van der Waals surface area contributed by atoms with Gasteiger partial charge in [0.25, 0.3) is 0 Å². The minimum absolute atomic E-state index is 0.575. The Morgan fingerprint density at radius 1 is 1.16 bits per heavy atom. The SMILES string of the molecule is CCNC(=NCCCN1CCN(c2ncccn2)CC1)N1CCC(COCCOC)C1. The molecule has 1 aromatic rings. The van der Waals surface area contributed by atoms with E-state index in [4.69, 9.17) is 14.5 Å². The van der Waals surface area contributed by atoms with Crippen molar-refractivity contribution in [3.63, 3.8) is 0 Å². The summed E-state index contributed by atoms with van der Waals surface area (Å²) in [5.74, 6) is 2.47. The van der Waals surface area contributed by atoms with E-state index in [9.17, 15) is 0 Å². The molecule has 3 rings (SSSR count). The lowest BCUT2D eigenvalue weighted by molar-refractivity contribution is 0.0536. The van der Waals surface area contributed by atoms with Crippen LogP contribution in [0.25, 0.3) is 0 Å². The molecule has 0 aliphatic carbocycles. The Morgan fingerprint density at radius 3 is 2.71 bits per heavy atom. The van der Waals surface area contributed by atoms with E-state index in [0.717, 1.165) is 90.3 Å². The summed E-state index contributed by atoms with van der Waals surface area (Å²) in [4.78, 5) is 20.8. The first kappa shape index (κ1) is 23.7. The highest BCUT2D eigenvalue weighted by Crippen LogP contribution is 2.17. The van der Waals surface area contributed by atoms with Crippen molar-refractivity contribution in [1.29, 1.82) is 0 Å². The van der Waals surface area contributed by atoms with Gasteiger partial charge in [0, 0.05) is 84.3 Å². The van der Waals surface area contributed by atoms with Gasteiger partial charge < -0.3 is 24.6 Å². The van der Waals surface area contributed by atoms with Crippen LogP contribution in [-0.4, -0.2) is 112 Å². The Hall–Kier alpha value is -1.97. The normalized spacial score (nSPS) is 20.5. The zero-order valence-corrected chi connectivity index (χ0v) is 19.2. The van der Waals surface area contributed by atoms with E-state index in [2.05, 4.69) is 36.9 Å². The first-order chi connectivity index (χ1) is 15.3. The number of nitrogens with one attached hydrogen (secondary N) is 1. The smallest absolute Gasteiger partial charge is 0.225 e. The fourth-order valence-electron chi connectivity index (χ4n) is 4.08. The van der Waals surface area contributed by atoms with Crippen LogP contribution in [0.15, 0.2) is 23.5 Å². The molecule has 0 bridgehead atoms. The highest BCUT2D eigenvalue weighted by Gasteiger charge is 2.25. The molecule has 9 heteroatoms. The Morgan fingerprint density at radius 2 is 1.97 bits per heavy atom. The highest BCUT2D eigenvalue weighted by molar-refractivity contribution is 5.80. The van der Waals surface area contributed by atoms with Crippen molar-refractivity contribution in [2.75, 3.05) is 90.7 Å². The van der Waals surface area contributed by atoms with E-state index in [1.807, 2.05) is 18.5 Å². The van der Waals surface area contributed by atoms with Gasteiger partial charge in [0.05, 0.1) is 19.8 Å². The van der Waals surface area contributed by atoms with E-state index in [-0.39, 0.29) is 0 Å². The summed E-state index contributed by atoms with van der Waals surface area (Å²) in [6, 6.07) is 1.86.